The Balaban J connectivity index is 2.23. The predicted molar refractivity (Wildman–Crippen MR) is 97.9 cm³/mol. The van der Waals surface area contributed by atoms with Crippen LogP contribution in [0.1, 0.15) is 31.9 Å². The van der Waals surface area contributed by atoms with Crippen molar-refractivity contribution < 1.29 is 22.8 Å². The summed E-state index contributed by atoms with van der Waals surface area (Å²) in [5.41, 5.74) is 0.233. The second-order valence-corrected chi connectivity index (χ2v) is 6.72. The lowest BCUT2D eigenvalue weighted by Gasteiger charge is -2.24. The van der Waals surface area contributed by atoms with Gasteiger partial charge in [-0.15, -0.1) is 0 Å². The normalized spacial score (nSPS) is 11.2. The summed E-state index contributed by atoms with van der Waals surface area (Å²) in [6.07, 6.45) is 0.685. The Morgan fingerprint density at radius 2 is 1.59 bits per heavy atom. The molecule has 0 aliphatic rings. The summed E-state index contributed by atoms with van der Waals surface area (Å²) in [6, 6.07) is 7.16. The molecule has 0 heterocycles. The summed E-state index contributed by atoms with van der Waals surface area (Å²) in [4.78, 5) is 25.2. The maximum Gasteiger partial charge on any atom is 0.239 e. The van der Waals surface area contributed by atoms with E-state index >= 15 is 0 Å². The van der Waals surface area contributed by atoms with E-state index < -0.39 is 40.4 Å². The Kier molecular flexibility index (Phi) is 5.93. The molecule has 0 fully saturated rings. The van der Waals surface area contributed by atoms with E-state index in [0.717, 1.165) is 17.2 Å². The van der Waals surface area contributed by atoms with Gasteiger partial charge in [-0.25, -0.2) is 13.2 Å². The van der Waals surface area contributed by atoms with Crippen LogP contribution in [0.15, 0.2) is 30.3 Å². The molecular formula is C20H21F3N2O2. The van der Waals surface area contributed by atoms with Crippen molar-refractivity contribution in [3.05, 3.63) is 58.9 Å². The molecule has 0 saturated heterocycles. The fourth-order valence-electron chi connectivity index (χ4n) is 2.48. The van der Waals surface area contributed by atoms with Gasteiger partial charge in [-0.05, 0) is 50.5 Å². The zero-order valence-corrected chi connectivity index (χ0v) is 15.5. The van der Waals surface area contributed by atoms with Gasteiger partial charge < -0.3 is 10.6 Å². The molecule has 144 valence electrons. The molecule has 0 aromatic heterocycles. The topological polar surface area (TPSA) is 58.2 Å². The number of amides is 2. The van der Waals surface area contributed by atoms with Gasteiger partial charge in [0, 0.05) is 5.69 Å². The van der Waals surface area contributed by atoms with Crippen LogP contribution < -0.4 is 10.6 Å². The number of carbonyl (C=O) groups is 2. The Labute approximate surface area is 155 Å². The second-order valence-electron chi connectivity index (χ2n) is 6.72. The molecule has 0 unspecified atom stereocenters. The van der Waals surface area contributed by atoms with Crippen molar-refractivity contribution in [1.29, 1.82) is 0 Å². The summed E-state index contributed by atoms with van der Waals surface area (Å²) in [7, 11) is 0. The number of rotatable bonds is 5. The van der Waals surface area contributed by atoms with E-state index in [1.807, 2.05) is 32.0 Å². The average molecular weight is 378 g/mol. The molecular weight excluding hydrogens is 357 g/mol. The summed E-state index contributed by atoms with van der Waals surface area (Å²) >= 11 is 0. The minimum absolute atomic E-state index is 0.537. The predicted octanol–water partition coefficient (Wildman–Crippen LogP) is 4.58. The maximum absolute atomic E-state index is 13.8. The minimum Gasteiger partial charge on any atom is -0.325 e. The van der Waals surface area contributed by atoms with Crippen molar-refractivity contribution in [2.24, 2.45) is 5.41 Å². The van der Waals surface area contributed by atoms with Crippen LogP contribution in [0.2, 0.25) is 0 Å². The smallest absolute Gasteiger partial charge is 0.239 e. The van der Waals surface area contributed by atoms with Gasteiger partial charge in [-0.2, -0.15) is 0 Å². The van der Waals surface area contributed by atoms with Gasteiger partial charge in [0.1, 0.15) is 5.41 Å². The highest BCUT2D eigenvalue weighted by molar-refractivity contribution is 6.14. The lowest BCUT2D eigenvalue weighted by Crippen LogP contribution is -2.42. The van der Waals surface area contributed by atoms with Gasteiger partial charge in [-0.3, -0.25) is 9.59 Å². The summed E-state index contributed by atoms with van der Waals surface area (Å²) in [6.45, 7) is 6.49. The Morgan fingerprint density at radius 3 is 2.22 bits per heavy atom. The van der Waals surface area contributed by atoms with Crippen molar-refractivity contribution in [3.63, 3.8) is 0 Å². The van der Waals surface area contributed by atoms with Crippen LogP contribution in [0, 0.1) is 29.8 Å². The quantitative estimate of drug-likeness (QED) is 0.591. The number of nitrogens with one attached hydrogen (secondary N) is 2. The van der Waals surface area contributed by atoms with E-state index in [4.69, 9.17) is 0 Å². The number of hydrogen-bond donors (Lipinski definition) is 2. The first-order valence-electron chi connectivity index (χ1n) is 8.44. The van der Waals surface area contributed by atoms with Crippen LogP contribution in [0.5, 0.6) is 0 Å². The molecule has 2 aromatic carbocycles. The standard InChI is InChI=1S/C20H21F3N2O2/c1-5-12-8-6-7-11(2)17(12)25-19(27)20(3,4)18(26)24-14-10-9-13(21)15(22)16(14)23/h6-10H,5H2,1-4H3,(H,24,26)(H,25,27). The van der Waals surface area contributed by atoms with Crippen molar-refractivity contribution in [3.8, 4) is 0 Å². The second kappa shape index (κ2) is 7.82. The minimum atomic E-state index is -1.69. The van der Waals surface area contributed by atoms with Crippen LogP contribution in [0.25, 0.3) is 0 Å². The van der Waals surface area contributed by atoms with Gasteiger partial charge >= 0.3 is 0 Å². The molecule has 2 N–H and O–H groups in total. The third-order valence-electron chi connectivity index (χ3n) is 4.40. The number of halogens is 3. The molecule has 0 aliphatic heterocycles. The van der Waals surface area contributed by atoms with Gasteiger partial charge in [0.25, 0.3) is 0 Å². The Bertz CT molecular complexity index is 895. The fraction of sp³-hybridized carbons (Fsp3) is 0.300. The highest BCUT2D eigenvalue weighted by Gasteiger charge is 2.37. The van der Waals surface area contributed by atoms with Gasteiger partial charge in [-0.1, -0.05) is 25.1 Å². The molecule has 4 nitrogen and oxygen atoms in total. The number of para-hydroxylation sites is 1. The molecule has 0 atom stereocenters. The largest absolute Gasteiger partial charge is 0.325 e. The Morgan fingerprint density at radius 1 is 0.963 bits per heavy atom. The van der Waals surface area contributed by atoms with Crippen molar-refractivity contribution in [2.45, 2.75) is 34.1 Å². The van der Waals surface area contributed by atoms with E-state index in [1.54, 1.807) is 0 Å². The molecule has 2 rings (SSSR count). The molecule has 2 amide bonds. The molecule has 0 radical (unpaired) electrons. The lowest BCUT2D eigenvalue weighted by molar-refractivity contribution is -0.135. The van der Waals surface area contributed by atoms with Gasteiger partial charge in [0.15, 0.2) is 17.5 Å². The first-order chi connectivity index (χ1) is 12.6. The summed E-state index contributed by atoms with van der Waals surface area (Å²) < 4.78 is 40.1. The molecule has 0 bridgehead atoms. The maximum atomic E-state index is 13.8. The lowest BCUT2D eigenvalue weighted by atomic mass is 9.90. The van der Waals surface area contributed by atoms with E-state index in [-0.39, 0.29) is 0 Å². The average Bonchev–Trinajstić information content (AvgIpc) is 2.63. The van der Waals surface area contributed by atoms with Crippen LogP contribution in [-0.2, 0) is 16.0 Å². The third kappa shape index (κ3) is 4.13. The molecule has 0 aliphatic carbocycles. The molecule has 0 spiro atoms. The number of hydrogen-bond acceptors (Lipinski definition) is 2. The number of benzene rings is 2. The first kappa shape index (κ1) is 20.5. The van der Waals surface area contributed by atoms with Crippen molar-refractivity contribution in [2.75, 3.05) is 10.6 Å². The van der Waals surface area contributed by atoms with E-state index in [0.29, 0.717) is 18.2 Å². The summed E-state index contributed by atoms with van der Waals surface area (Å²) in [5, 5.41) is 4.89. The van der Waals surface area contributed by atoms with Crippen LogP contribution >= 0.6 is 0 Å². The van der Waals surface area contributed by atoms with Gasteiger partial charge in [0.05, 0.1) is 5.69 Å². The van der Waals surface area contributed by atoms with Crippen LogP contribution in [0.3, 0.4) is 0 Å². The highest BCUT2D eigenvalue weighted by atomic mass is 19.2. The third-order valence-corrected chi connectivity index (χ3v) is 4.40. The summed E-state index contributed by atoms with van der Waals surface area (Å²) in [5.74, 6) is -6.04. The zero-order valence-electron chi connectivity index (χ0n) is 15.5. The molecule has 2 aromatic rings. The molecule has 7 heteroatoms. The number of carbonyl (C=O) groups excluding carboxylic acids is 2. The molecule has 0 saturated carbocycles. The van der Waals surface area contributed by atoms with Gasteiger partial charge in [0.2, 0.25) is 11.8 Å². The number of aryl methyl sites for hydroxylation is 2. The van der Waals surface area contributed by atoms with Crippen molar-refractivity contribution >= 4 is 23.2 Å². The fourth-order valence-corrected chi connectivity index (χ4v) is 2.48. The first-order valence-corrected chi connectivity index (χ1v) is 8.44. The monoisotopic (exact) mass is 378 g/mol. The van der Waals surface area contributed by atoms with E-state index in [2.05, 4.69) is 10.6 Å². The Hall–Kier alpha value is -2.83. The van der Waals surface area contributed by atoms with Crippen LogP contribution in [0.4, 0.5) is 24.5 Å². The number of anilines is 2. The van der Waals surface area contributed by atoms with Crippen LogP contribution in [-0.4, -0.2) is 11.8 Å². The van der Waals surface area contributed by atoms with E-state index in [9.17, 15) is 22.8 Å². The van der Waals surface area contributed by atoms with E-state index in [1.165, 1.54) is 13.8 Å². The highest BCUT2D eigenvalue weighted by Crippen LogP contribution is 2.27. The zero-order chi connectivity index (χ0) is 20.4. The molecule has 27 heavy (non-hydrogen) atoms. The SMILES string of the molecule is CCc1cccc(C)c1NC(=O)C(C)(C)C(=O)Nc1ccc(F)c(F)c1F. The van der Waals surface area contributed by atoms with Crippen molar-refractivity contribution in [1.82, 2.24) is 0 Å².